The maximum absolute atomic E-state index is 5.84. The molecule has 4 nitrogen and oxygen atoms in total. The number of nitrogens with two attached hydrogens (primary N) is 1. The summed E-state index contributed by atoms with van der Waals surface area (Å²) in [6, 6.07) is 3.97. The van der Waals surface area contributed by atoms with E-state index in [4.69, 9.17) is 18.0 Å². The van der Waals surface area contributed by atoms with E-state index in [1.165, 1.54) is 0 Å². The van der Waals surface area contributed by atoms with Crippen molar-refractivity contribution in [1.82, 2.24) is 15.2 Å². The van der Waals surface area contributed by atoms with E-state index < -0.39 is 0 Å². The van der Waals surface area contributed by atoms with Crippen molar-refractivity contribution in [2.45, 2.75) is 6.04 Å². The SMILES string of the molecule is NC(=S)C(c1cccnc1)N1CCNCC1. The average molecular weight is 236 g/mol. The molecule has 0 saturated carbocycles. The molecule has 0 amide bonds. The fraction of sp³-hybridized carbons (Fsp3) is 0.455. The highest BCUT2D eigenvalue weighted by molar-refractivity contribution is 7.80. The summed E-state index contributed by atoms with van der Waals surface area (Å²) in [7, 11) is 0. The molecule has 16 heavy (non-hydrogen) atoms. The minimum absolute atomic E-state index is 0.0193. The topological polar surface area (TPSA) is 54.2 Å². The van der Waals surface area contributed by atoms with Crippen molar-refractivity contribution in [3.05, 3.63) is 30.1 Å². The highest BCUT2D eigenvalue weighted by Crippen LogP contribution is 2.20. The minimum Gasteiger partial charge on any atom is -0.392 e. The van der Waals surface area contributed by atoms with Gasteiger partial charge in [0.05, 0.1) is 11.0 Å². The number of thiocarbonyl (C=S) groups is 1. The highest BCUT2D eigenvalue weighted by atomic mass is 32.1. The van der Waals surface area contributed by atoms with Gasteiger partial charge in [0.25, 0.3) is 0 Å². The third-order valence-electron chi connectivity index (χ3n) is 2.79. The van der Waals surface area contributed by atoms with E-state index in [1.807, 2.05) is 18.3 Å². The van der Waals surface area contributed by atoms with Crippen molar-refractivity contribution in [3.63, 3.8) is 0 Å². The van der Waals surface area contributed by atoms with Gasteiger partial charge in [0.2, 0.25) is 0 Å². The van der Waals surface area contributed by atoms with Crippen molar-refractivity contribution in [2.75, 3.05) is 26.2 Å². The summed E-state index contributed by atoms with van der Waals surface area (Å²) in [5, 5.41) is 3.32. The maximum atomic E-state index is 5.84. The fourth-order valence-corrected chi connectivity index (χ4v) is 2.32. The molecule has 1 aromatic heterocycles. The number of nitrogens with zero attached hydrogens (tertiary/aromatic N) is 2. The molecule has 0 aromatic carbocycles. The molecule has 1 aromatic rings. The molecule has 0 radical (unpaired) electrons. The highest BCUT2D eigenvalue weighted by Gasteiger charge is 2.24. The Morgan fingerprint density at radius 3 is 2.81 bits per heavy atom. The Hall–Kier alpha value is -1.04. The molecule has 0 bridgehead atoms. The molecule has 3 N–H and O–H groups in total. The van der Waals surface area contributed by atoms with Crippen LogP contribution in [-0.2, 0) is 0 Å². The maximum Gasteiger partial charge on any atom is 0.0948 e. The van der Waals surface area contributed by atoms with Crippen LogP contribution in [0.4, 0.5) is 0 Å². The monoisotopic (exact) mass is 236 g/mol. The molecule has 1 atom stereocenters. The van der Waals surface area contributed by atoms with Gasteiger partial charge in [-0.2, -0.15) is 0 Å². The molecule has 1 fully saturated rings. The summed E-state index contributed by atoms with van der Waals surface area (Å²) in [4.78, 5) is 6.95. The molecule has 1 aliphatic rings. The van der Waals surface area contributed by atoms with Crippen LogP contribution in [0.5, 0.6) is 0 Å². The van der Waals surface area contributed by atoms with Crippen LogP contribution in [0.3, 0.4) is 0 Å². The summed E-state index contributed by atoms with van der Waals surface area (Å²) in [5.74, 6) is 0. The quantitative estimate of drug-likeness (QED) is 0.740. The van der Waals surface area contributed by atoms with Gasteiger partial charge in [0, 0.05) is 38.6 Å². The Morgan fingerprint density at radius 2 is 2.25 bits per heavy atom. The van der Waals surface area contributed by atoms with Crippen LogP contribution in [0, 0.1) is 0 Å². The average Bonchev–Trinajstić information content (AvgIpc) is 2.31. The molecule has 2 heterocycles. The second-order valence-electron chi connectivity index (χ2n) is 3.88. The number of pyridine rings is 1. The predicted octanol–water partition coefficient (Wildman–Crippen LogP) is 0.314. The van der Waals surface area contributed by atoms with Crippen LogP contribution in [0.2, 0.25) is 0 Å². The van der Waals surface area contributed by atoms with Crippen LogP contribution in [0.25, 0.3) is 0 Å². The molecule has 0 aliphatic carbocycles. The van der Waals surface area contributed by atoms with E-state index in [0.29, 0.717) is 4.99 Å². The predicted molar refractivity (Wildman–Crippen MR) is 68.2 cm³/mol. The molecule has 5 heteroatoms. The smallest absolute Gasteiger partial charge is 0.0948 e. The van der Waals surface area contributed by atoms with E-state index in [9.17, 15) is 0 Å². The first kappa shape index (κ1) is 11.4. The number of aromatic nitrogens is 1. The lowest BCUT2D eigenvalue weighted by Crippen LogP contribution is -2.48. The van der Waals surface area contributed by atoms with Crippen LogP contribution in [0.1, 0.15) is 11.6 Å². The van der Waals surface area contributed by atoms with Crippen molar-refractivity contribution in [2.24, 2.45) is 5.73 Å². The molecule has 0 spiro atoms. The van der Waals surface area contributed by atoms with Gasteiger partial charge in [-0.25, -0.2) is 0 Å². The van der Waals surface area contributed by atoms with Gasteiger partial charge in [-0.05, 0) is 11.6 Å². The molecular weight excluding hydrogens is 220 g/mol. The molecular formula is C11H16N4S. The van der Waals surface area contributed by atoms with Gasteiger partial charge in [0.1, 0.15) is 0 Å². The van der Waals surface area contributed by atoms with Crippen molar-refractivity contribution >= 4 is 17.2 Å². The first-order valence-electron chi connectivity index (χ1n) is 5.43. The summed E-state index contributed by atoms with van der Waals surface area (Å²) in [6.45, 7) is 3.91. The second kappa shape index (κ2) is 5.34. The van der Waals surface area contributed by atoms with Gasteiger partial charge >= 0.3 is 0 Å². The number of piperazine rings is 1. The first-order chi connectivity index (χ1) is 7.79. The number of hydrogen-bond donors (Lipinski definition) is 2. The van der Waals surface area contributed by atoms with Crippen molar-refractivity contribution < 1.29 is 0 Å². The van der Waals surface area contributed by atoms with E-state index in [0.717, 1.165) is 31.7 Å². The lowest BCUT2D eigenvalue weighted by Gasteiger charge is -2.34. The van der Waals surface area contributed by atoms with E-state index >= 15 is 0 Å². The Kier molecular flexibility index (Phi) is 3.82. The first-order valence-corrected chi connectivity index (χ1v) is 5.84. The molecule has 2 rings (SSSR count). The van der Waals surface area contributed by atoms with Gasteiger partial charge in [-0.3, -0.25) is 9.88 Å². The second-order valence-corrected chi connectivity index (χ2v) is 4.35. The number of rotatable bonds is 3. The van der Waals surface area contributed by atoms with E-state index in [1.54, 1.807) is 6.20 Å². The Morgan fingerprint density at radius 1 is 1.50 bits per heavy atom. The van der Waals surface area contributed by atoms with Gasteiger partial charge < -0.3 is 11.1 Å². The zero-order valence-corrected chi connectivity index (χ0v) is 9.91. The molecule has 86 valence electrons. The summed E-state index contributed by atoms with van der Waals surface area (Å²) in [5.41, 5.74) is 6.92. The Balaban J connectivity index is 2.20. The number of nitrogens with one attached hydrogen (secondary N) is 1. The summed E-state index contributed by atoms with van der Waals surface area (Å²) in [6.07, 6.45) is 3.60. The van der Waals surface area contributed by atoms with Crippen LogP contribution < -0.4 is 11.1 Å². The summed E-state index contributed by atoms with van der Waals surface area (Å²) >= 11 is 5.17. The van der Waals surface area contributed by atoms with Gasteiger partial charge in [0.15, 0.2) is 0 Å². The van der Waals surface area contributed by atoms with E-state index in [-0.39, 0.29) is 6.04 Å². The molecule has 1 unspecified atom stereocenters. The Labute approximate surface area is 101 Å². The van der Waals surface area contributed by atoms with Gasteiger partial charge in [-0.1, -0.05) is 18.3 Å². The lowest BCUT2D eigenvalue weighted by atomic mass is 10.1. The van der Waals surface area contributed by atoms with E-state index in [2.05, 4.69) is 15.2 Å². The largest absolute Gasteiger partial charge is 0.392 e. The van der Waals surface area contributed by atoms with Crippen molar-refractivity contribution in [3.8, 4) is 0 Å². The van der Waals surface area contributed by atoms with Crippen LogP contribution in [-0.4, -0.2) is 41.1 Å². The zero-order valence-electron chi connectivity index (χ0n) is 9.10. The molecule has 1 saturated heterocycles. The molecule has 1 aliphatic heterocycles. The normalized spacial score (nSPS) is 19.2. The fourth-order valence-electron chi connectivity index (χ4n) is 2.03. The minimum atomic E-state index is 0.0193. The lowest BCUT2D eigenvalue weighted by molar-refractivity contribution is 0.215. The third kappa shape index (κ3) is 2.55. The van der Waals surface area contributed by atoms with Crippen molar-refractivity contribution in [1.29, 1.82) is 0 Å². The zero-order chi connectivity index (χ0) is 11.4. The van der Waals surface area contributed by atoms with Crippen LogP contribution >= 0.6 is 12.2 Å². The van der Waals surface area contributed by atoms with Crippen LogP contribution in [0.15, 0.2) is 24.5 Å². The Bertz CT molecular complexity index is 348. The summed E-state index contributed by atoms with van der Waals surface area (Å²) < 4.78 is 0. The number of hydrogen-bond acceptors (Lipinski definition) is 4. The third-order valence-corrected chi connectivity index (χ3v) is 3.01. The standard InChI is InChI=1S/C11H16N4S/c12-11(16)10(9-2-1-3-14-8-9)15-6-4-13-5-7-15/h1-3,8,10,13H,4-7H2,(H2,12,16). The van der Waals surface area contributed by atoms with Gasteiger partial charge in [-0.15, -0.1) is 0 Å².